The first kappa shape index (κ1) is 33.7. The van der Waals surface area contributed by atoms with Crippen molar-refractivity contribution in [3.05, 3.63) is 218 Å². The summed E-state index contributed by atoms with van der Waals surface area (Å²) in [7, 11) is 0. The maximum atomic E-state index is 2.45. The van der Waals surface area contributed by atoms with Gasteiger partial charge in [-0.1, -0.05) is 158 Å². The maximum absolute atomic E-state index is 2.45. The second-order valence-corrected chi connectivity index (χ2v) is 16.3. The summed E-state index contributed by atoms with van der Waals surface area (Å²) in [6.45, 7) is 0. The molecule has 3 heteroatoms. The molecular formula is C56H36N2S. The number of aromatic nitrogens is 1. The summed E-state index contributed by atoms with van der Waals surface area (Å²) in [5.74, 6) is 0. The molecule has 0 radical (unpaired) electrons. The number of nitrogens with zero attached hydrogens (tertiary/aromatic N) is 2. The molecule has 12 rings (SSSR count). The van der Waals surface area contributed by atoms with E-state index in [1.165, 1.54) is 85.8 Å². The van der Waals surface area contributed by atoms with Gasteiger partial charge in [0.25, 0.3) is 0 Å². The van der Waals surface area contributed by atoms with Crippen LogP contribution in [-0.4, -0.2) is 4.57 Å². The molecule has 2 nitrogen and oxygen atoms in total. The summed E-state index contributed by atoms with van der Waals surface area (Å²) in [6.07, 6.45) is 0. The predicted octanol–water partition coefficient (Wildman–Crippen LogP) is 16.3. The molecular weight excluding hydrogens is 733 g/mol. The molecule has 0 saturated heterocycles. The Morgan fingerprint density at radius 2 is 1.00 bits per heavy atom. The molecule has 2 heterocycles. The number of para-hydroxylation sites is 1. The number of hydrogen-bond donors (Lipinski definition) is 0. The van der Waals surface area contributed by atoms with Crippen molar-refractivity contribution < 1.29 is 0 Å². The summed E-state index contributed by atoms with van der Waals surface area (Å²) >= 11 is 1.88. The zero-order chi connectivity index (χ0) is 38.9. The average Bonchev–Trinajstić information content (AvgIpc) is 3.86. The van der Waals surface area contributed by atoms with E-state index in [9.17, 15) is 0 Å². The monoisotopic (exact) mass is 768 g/mol. The molecule has 0 aliphatic carbocycles. The molecule has 2 aromatic heterocycles. The Hall–Kier alpha value is -7.46. The van der Waals surface area contributed by atoms with Gasteiger partial charge in [0.1, 0.15) is 0 Å². The van der Waals surface area contributed by atoms with E-state index in [0.29, 0.717) is 0 Å². The van der Waals surface area contributed by atoms with Crippen LogP contribution in [0.1, 0.15) is 0 Å². The normalized spacial score (nSPS) is 11.7. The van der Waals surface area contributed by atoms with Crippen molar-refractivity contribution >= 4 is 91.9 Å². The highest BCUT2D eigenvalue weighted by Crippen LogP contribution is 2.44. The first-order chi connectivity index (χ1) is 29.3. The largest absolute Gasteiger partial charge is 0.310 e. The average molecular weight is 769 g/mol. The van der Waals surface area contributed by atoms with Crippen LogP contribution in [0.3, 0.4) is 0 Å². The molecule has 0 amide bonds. The Balaban J connectivity index is 1.04. The van der Waals surface area contributed by atoms with Crippen LogP contribution in [-0.2, 0) is 0 Å². The van der Waals surface area contributed by atoms with Gasteiger partial charge in [0, 0.05) is 53.7 Å². The first-order valence-corrected chi connectivity index (χ1v) is 21.0. The fourth-order valence-corrected chi connectivity index (χ4v) is 10.5. The quantitative estimate of drug-likeness (QED) is 0.164. The van der Waals surface area contributed by atoms with Crippen molar-refractivity contribution in [3.63, 3.8) is 0 Å². The van der Waals surface area contributed by atoms with Crippen LogP contribution in [0.15, 0.2) is 218 Å². The SMILES string of the molecule is c1ccc(-c2cccc3ccc4c(c5ccccc5n4-c4cccc(N(c5ccc(-c6cccc7c6sc6ccccc67)cc5)c5ccc6ccccc6c5)c4)c23)cc1. The third kappa shape index (κ3) is 5.47. The van der Waals surface area contributed by atoms with Crippen LogP contribution >= 0.6 is 11.3 Å². The van der Waals surface area contributed by atoms with E-state index in [1.54, 1.807) is 0 Å². The second kappa shape index (κ2) is 13.6. The zero-order valence-corrected chi connectivity index (χ0v) is 32.9. The van der Waals surface area contributed by atoms with Crippen molar-refractivity contribution in [3.8, 4) is 27.9 Å². The number of fused-ring (bicyclic) bond motifs is 9. The summed E-state index contributed by atoms with van der Waals surface area (Å²) in [5.41, 5.74) is 11.8. The maximum Gasteiger partial charge on any atom is 0.0547 e. The topological polar surface area (TPSA) is 8.17 Å². The highest BCUT2D eigenvalue weighted by atomic mass is 32.1. The van der Waals surface area contributed by atoms with Gasteiger partial charge >= 0.3 is 0 Å². The highest BCUT2D eigenvalue weighted by molar-refractivity contribution is 7.26. The first-order valence-electron chi connectivity index (χ1n) is 20.2. The highest BCUT2D eigenvalue weighted by Gasteiger charge is 2.20. The predicted molar refractivity (Wildman–Crippen MR) is 254 cm³/mol. The van der Waals surface area contributed by atoms with E-state index in [0.717, 1.165) is 22.7 Å². The van der Waals surface area contributed by atoms with E-state index in [2.05, 4.69) is 228 Å². The lowest BCUT2D eigenvalue weighted by molar-refractivity contribution is 1.17. The van der Waals surface area contributed by atoms with E-state index in [4.69, 9.17) is 0 Å². The molecule has 59 heavy (non-hydrogen) atoms. The molecule has 0 unspecified atom stereocenters. The molecule has 0 spiro atoms. The van der Waals surface area contributed by atoms with Crippen molar-refractivity contribution in [2.75, 3.05) is 4.90 Å². The van der Waals surface area contributed by atoms with Crippen molar-refractivity contribution in [1.82, 2.24) is 4.57 Å². The summed E-state index contributed by atoms with van der Waals surface area (Å²) in [5, 5.41) is 10.1. The van der Waals surface area contributed by atoms with E-state index < -0.39 is 0 Å². The Morgan fingerprint density at radius 3 is 1.90 bits per heavy atom. The third-order valence-corrected chi connectivity index (χ3v) is 13.2. The van der Waals surface area contributed by atoms with Gasteiger partial charge in [-0.15, -0.1) is 11.3 Å². The van der Waals surface area contributed by atoms with Gasteiger partial charge in [-0.2, -0.15) is 0 Å². The van der Waals surface area contributed by atoms with E-state index in [-0.39, 0.29) is 0 Å². The number of rotatable bonds is 6. The third-order valence-electron chi connectivity index (χ3n) is 11.9. The lowest BCUT2D eigenvalue weighted by atomic mass is 9.94. The van der Waals surface area contributed by atoms with E-state index >= 15 is 0 Å². The van der Waals surface area contributed by atoms with E-state index in [1.807, 2.05) is 11.3 Å². The minimum Gasteiger partial charge on any atom is -0.310 e. The lowest BCUT2D eigenvalue weighted by Crippen LogP contribution is -2.10. The summed E-state index contributed by atoms with van der Waals surface area (Å²) < 4.78 is 5.10. The van der Waals surface area contributed by atoms with Gasteiger partial charge in [0.2, 0.25) is 0 Å². The van der Waals surface area contributed by atoms with Crippen LogP contribution in [0.4, 0.5) is 17.1 Å². The number of anilines is 3. The van der Waals surface area contributed by atoms with Crippen LogP contribution < -0.4 is 4.90 Å². The zero-order valence-electron chi connectivity index (χ0n) is 32.1. The van der Waals surface area contributed by atoms with Crippen LogP contribution in [0.5, 0.6) is 0 Å². The summed E-state index contributed by atoms with van der Waals surface area (Å²) in [4.78, 5) is 2.40. The van der Waals surface area contributed by atoms with Crippen LogP contribution in [0.25, 0.3) is 91.5 Å². The molecule has 0 N–H and O–H groups in total. The van der Waals surface area contributed by atoms with Gasteiger partial charge in [0.05, 0.1) is 11.0 Å². The number of thiophene rings is 1. The molecule has 276 valence electrons. The Labute approximate surface area is 346 Å². The van der Waals surface area contributed by atoms with Gasteiger partial charge < -0.3 is 9.47 Å². The Morgan fingerprint density at radius 1 is 0.356 bits per heavy atom. The molecule has 0 aliphatic rings. The van der Waals surface area contributed by atoms with Crippen molar-refractivity contribution in [2.24, 2.45) is 0 Å². The van der Waals surface area contributed by atoms with Gasteiger partial charge in [0.15, 0.2) is 0 Å². The van der Waals surface area contributed by atoms with Gasteiger partial charge in [-0.25, -0.2) is 0 Å². The molecule has 0 saturated carbocycles. The number of hydrogen-bond acceptors (Lipinski definition) is 2. The van der Waals surface area contributed by atoms with Crippen LogP contribution in [0, 0.1) is 0 Å². The number of benzene rings is 10. The van der Waals surface area contributed by atoms with Gasteiger partial charge in [-0.05, 0) is 104 Å². The minimum atomic E-state index is 1.09. The molecule has 10 aromatic carbocycles. The minimum absolute atomic E-state index is 1.09. The van der Waals surface area contributed by atoms with Crippen molar-refractivity contribution in [2.45, 2.75) is 0 Å². The summed E-state index contributed by atoms with van der Waals surface area (Å²) in [6, 6.07) is 79.9. The second-order valence-electron chi connectivity index (χ2n) is 15.3. The Bertz CT molecular complexity index is 3560. The smallest absolute Gasteiger partial charge is 0.0547 e. The van der Waals surface area contributed by atoms with Crippen LogP contribution in [0.2, 0.25) is 0 Å². The molecule has 0 aliphatic heterocycles. The fraction of sp³-hybridized carbons (Fsp3) is 0. The molecule has 0 atom stereocenters. The standard InChI is InChI=1S/C56H36N2S/c1-2-14-38(15-3-1)46-22-10-17-40-30-34-52-55(54(40)46)50-21-6-8-25-51(50)58(52)44-19-11-18-43(36-44)57(45-33-27-37-13-4-5-16-41(37)35-45)42-31-28-39(29-32-42)47-23-12-24-49-48-20-7-9-26-53(48)59-56(47)49/h1-36H. The van der Waals surface area contributed by atoms with Gasteiger partial charge in [-0.3, -0.25) is 0 Å². The molecule has 12 aromatic rings. The molecule has 0 bridgehead atoms. The van der Waals surface area contributed by atoms with Crippen molar-refractivity contribution in [1.29, 1.82) is 0 Å². The molecule has 0 fully saturated rings. The Kier molecular flexibility index (Phi) is 7.75. The lowest BCUT2D eigenvalue weighted by Gasteiger charge is -2.27. The fourth-order valence-electron chi connectivity index (χ4n) is 9.27.